The van der Waals surface area contributed by atoms with Gasteiger partial charge < -0.3 is 9.73 Å². The maximum Gasteiger partial charge on any atom is 0.271 e. The van der Waals surface area contributed by atoms with Crippen molar-refractivity contribution in [2.75, 3.05) is 5.32 Å². The fraction of sp³-hybridized carbons (Fsp3) is 0.0714. The van der Waals surface area contributed by atoms with Crippen LogP contribution in [0, 0.1) is 0 Å². The van der Waals surface area contributed by atoms with Gasteiger partial charge in [0.1, 0.15) is 5.76 Å². The Morgan fingerprint density at radius 1 is 1.23 bits per heavy atom. The van der Waals surface area contributed by atoms with Crippen LogP contribution in [0.15, 0.2) is 49.0 Å². The second-order valence-corrected chi connectivity index (χ2v) is 5.80. The predicted molar refractivity (Wildman–Crippen MR) is 89.9 cm³/mol. The molecule has 0 saturated heterocycles. The Morgan fingerprint density at radius 2 is 1.91 bits per heavy atom. The molecule has 0 spiro atoms. The summed E-state index contributed by atoms with van der Waals surface area (Å²) in [6, 6.07) is 8.18. The van der Waals surface area contributed by atoms with Gasteiger partial charge in [-0.15, -0.1) is 0 Å². The average Bonchev–Trinajstić information content (AvgIpc) is 2.77. The lowest BCUT2D eigenvalue weighted by Gasteiger charge is -2.03. The van der Waals surface area contributed by atoms with Crippen LogP contribution in [-0.4, -0.2) is 18.0 Å². The number of hydrogen-bond acceptors (Lipinski definition) is 4. The molecule has 0 aliphatic heterocycles. The van der Waals surface area contributed by atoms with Gasteiger partial charge in [0, 0.05) is 24.2 Å². The van der Waals surface area contributed by atoms with Crippen molar-refractivity contribution in [1.29, 1.82) is 0 Å². The molecule has 0 aliphatic carbocycles. The molecular weight excluding hydrogens is 418 g/mol. The smallest absolute Gasteiger partial charge is 0.271 e. The zero-order valence-corrected chi connectivity index (χ0v) is 14.6. The summed E-state index contributed by atoms with van der Waals surface area (Å²) >= 11 is 6.48. The van der Waals surface area contributed by atoms with Crippen LogP contribution in [-0.2, 0) is 4.79 Å². The highest BCUT2D eigenvalue weighted by molar-refractivity contribution is 9.13. The van der Waals surface area contributed by atoms with E-state index < -0.39 is 0 Å². The summed E-state index contributed by atoms with van der Waals surface area (Å²) in [7, 11) is 0. The summed E-state index contributed by atoms with van der Waals surface area (Å²) in [5.74, 6) is -0.0482. The standard InChI is InChI=1S/C14H11Br2N3O3/c1-8(20)18-10-4-2-9(3-5-10)14(21)19-17-7-11-6-12(15)13(16)22-11/h2-7H,1H3,(H,18,20)(H,19,21). The maximum atomic E-state index is 11.9. The number of furan rings is 1. The summed E-state index contributed by atoms with van der Waals surface area (Å²) < 4.78 is 6.59. The summed E-state index contributed by atoms with van der Waals surface area (Å²) in [5.41, 5.74) is 3.44. The van der Waals surface area contributed by atoms with Crippen LogP contribution in [0.4, 0.5) is 5.69 Å². The van der Waals surface area contributed by atoms with Crippen molar-refractivity contribution in [2.45, 2.75) is 6.92 Å². The molecule has 0 saturated carbocycles. The third-order valence-corrected chi connectivity index (χ3v) is 4.20. The number of halogens is 2. The number of nitrogens with zero attached hydrogens (tertiary/aromatic N) is 1. The van der Waals surface area contributed by atoms with E-state index in [0.717, 1.165) is 4.47 Å². The van der Waals surface area contributed by atoms with E-state index >= 15 is 0 Å². The third kappa shape index (κ3) is 4.54. The molecule has 0 fully saturated rings. The van der Waals surface area contributed by atoms with Gasteiger partial charge in [-0.1, -0.05) is 0 Å². The molecule has 22 heavy (non-hydrogen) atoms. The first-order chi connectivity index (χ1) is 10.5. The summed E-state index contributed by atoms with van der Waals surface area (Å²) in [5, 5.41) is 6.44. The molecule has 2 rings (SSSR count). The van der Waals surface area contributed by atoms with Crippen molar-refractivity contribution in [3.8, 4) is 0 Å². The van der Waals surface area contributed by atoms with E-state index in [9.17, 15) is 9.59 Å². The first-order valence-electron chi connectivity index (χ1n) is 6.11. The molecule has 0 unspecified atom stereocenters. The van der Waals surface area contributed by atoms with Crippen LogP contribution >= 0.6 is 31.9 Å². The fourth-order valence-corrected chi connectivity index (χ4v) is 2.16. The topological polar surface area (TPSA) is 83.7 Å². The van der Waals surface area contributed by atoms with Gasteiger partial charge in [0.15, 0.2) is 4.67 Å². The first-order valence-corrected chi connectivity index (χ1v) is 7.70. The van der Waals surface area contributed by atoms with Gasteiger partial charge in [-0.2, -0.15) is 5.10 Å². The minimum Gasteiger partial charge on any atom is -0.447 e. The minimum atomic E-state index is -0.365. The molecular formula is C14H11Br2N3O3. The summed E-state index contributed by atoms with van der Waals surface area (Å²) in [6.45, 7) is 1.42. The Kier molecular flexibility index (Phi) is 5.51. The van der Waals surface area contributed by atoms with Gasteiger partial charge in [-0.05, 0) is 56.1 Å². The SMILES string of the molecule is CC(=O)Nc1ccc(C(=O)NN=Cc2cc(Br)c(Br)o2)cc1. The molecule has 1 aromatic carbocycles. The molecule has 1 heterocycles. The third-order valence-electron chi connectivity index (χ3n) is 2.49. The van der Waals surface area contributed by atoms with E-state index in [4.69, 9.17) is 4.42 Å². The van der Waals surface area contributed by atoms with Crippen LogP contribution in [0.1, 0.15) is 23.0 Å². The van der Waals surface area contributed by atoms with E-state index in [1.165, 1.54) is 13.1 Å². The maximum absolute atomic E-state index is 11.9. The van der Waals surface area contributed by atoms with Crippen LogP contribution < -0.4 is 10.7 Å². The molecule has 6 nitrogen and oxygen atoms in total. The number of amides is 2. The van der Waals surface area contributed by atoms with E-state index in [1.54, 1.807) is 30.3 Å². The number of benzene rings is 1. The van der Waals surface area contributed by atoms with Crippen LogP contribution in [0.25, 0.3) is 0 Å². The second kappa shape index (κ2) is 7.37. The molecule has 0 aliphatic rings. The van der Waals surface area contributed by atoms with Gasteiger partial charge in [0.2, 0.25) is 5.91 Å². The number of carbonyl (C=O) groups excluding carboxylic acids is 2. The van der Waals surface area contributed by atoms with E-state index in [2.05, 4.69) is 47.7 Å². The lowest BCUT2D eigenvalue weighted by atomic mass is 10.2. The number of anilines is 1. The van der Waals surface area contributed by atoms with Gasteiger partial charge in [0.25, 0.3) is 5.91 Å². The largest absolute Gasteiger partial charge is 0.447 e. The second-order valence-electron chi connectivity index (χ2n) is 4.23. The molecule has 0 radical (unpaired) electrons. The Morgan fingerprint density at radius 3 is 2.45 bits per heavy atom. The average molecular weight is 429 g/mol. The lowest BCUT2D eigenvalue weighted by molar-refractivity contribution is -0.114. The minimum absolute atomic E-state index is 0.169. The number of hydrazone groups is 1. The predicted octanol–water partition coefficient (Wildman–Crippen LogP) is 3.53. The van der Waals surface area contributed by atoms with Crippen molar-refractivity contribution in [3.05, 3.63) is 50.8 Å². The van der Waals surface area contributed by atoms with Crippen LogP contribution in [0.2, 0.25) is 0 Å². The van der Waals surface area contributed by atoms with Crippen molar-refractivity contribution in [3.63, 3.8) is 0 Å². The highest BCUT2D eigenvalue weighted by atomic mass is 79.9. The summed E-state index contributed by atoms with van der Waals surface area (Å²) in [6.07, 6.45) is 1.39. The number of rotatable bonds is 4. The van der Waals surface area contributed by atoms with Gasteiger partial charge in [-0.25, -0.2) is 5.43 Å². The molecule has 2 N–H and O–H groups in total. The zero-order chi connectivity index (χ0) is 16.1. The Labute approximate surface area is 143 Å². The molecule has 8 heteroatoms. The van der Waals surface area contributed by atoms with Gasteiger partial charge in [-0.3, -0.25) is 9.59 Å². The Bertz CT molecular complexity index is 704. The molecule has 1 aromatic heterocycles. The Balaban J connectivity index is 1.95. The number of hydrogen-bond donors (Lipinski definition) is 2. The van der Waals surface area contributed by atoms with Crippen LogP contribution in [0.3, 0.4) is 0 Å². The van der Waals surface area contributed by atoms with Gasteiger partial charge >= 0.3 is 0 Å². The van der Waals surface area contributed by atoms with E-state index in [-0.39, 0.29) is 11.8 Å². The van der Waals surface area contributed by atoms with Crippen LogP contribution in [0.5, 0.6) is 0 Å². The molecule has 0 atom stereocenters. The van der Waals surface area contributed by atoms with Crippen molar-refractivity contribution in [2.24, 2.45) is 5.10 Å². The molecule has 0 bridgehead atoms. The quantitative estimate of drug-likeness (QED) is 0.577. The molecule has 2 amide bonds. The molecule has 114 valence electrons. The molecule has 2 aromatic rings. The van der Waals surface area contributed by atoms with Crippen molar-refractivity contribution in [1.82, 2.24) is 5.43 Å². The fourth-order valence-electron chi connectivity index (χ4n) is 1.55. The van der Waals surface area contributed by atoms with Gasteiger partial charge in [0.05, 0.1) is 10.7 Å². The number of carbonyl (C=O) groups is 2. The highest BCUT2D eigenvalue weighted by Gasteiger charge is 2.06. The zero-order valence-electron chi connectivity index (χ0n) is 11.4. The Hall–Kier alpha value is -1.93. The highest BCUT2D eigenvalue weighted by Crippen LogP contribution is 2.25. The number of nitrogens with one attached hydrogen (secondary N) is 2. The van der Waals surface area contributed by atoms with Crippen molar-refractivity contribution >= 4 is 55.6 Å². The summed E-state index contributed by atoms with van der Waals surface area (Å²) in [4.78, 5) is 22.8. The van der Waals surface area contributed by atoms with E-state index in [0.29, 0.717) is 21.7 Å². The first kappa shape index (κ1) is 16.4. The lowest BCUT2D eigenvalue weighted by Crippen LogP contribution is -2.17. The van der Waals surface area contributed by atoms with E-state index in [1.807, 2.05) is 0 Å². The monoisotopic (exact) mass is 427 g/mol. The van der Waals surface area contributed by atoms with Crippen molar-refractivity contribution < 1.29 is 14.0 Å². The normalized spacial score (nSPS) is 10.7.